The summed E-state index contributed by atoms with van der Waals surface area (Å²) in [6, 6.07) is 14.6. The van der Waals surface area contributed by atoms with Gasteiger partial charge in [0.1, 0.15) is 5.52 Å². The van der Waals surface area contributed by atoms with Gasteiger partial charge in [0.05, 0.1) is 11.9 Å². The maximum atomic E-state index is 12.3. The van der Waals surface area contributed by atoms with Crippen LogP contribution in [0.3, 0.4) is 0 Å². The van der Waals surface area contributed by atoms with Crippen molar-refractivity contribution < 1.29 is 4.79 Å². The highest BCUT2D eigenvalue weighted by molar-refractivity contribution is 5.93. The molecule has 0 unspecified atom stereocenters. The van der Waals surface area contributed by atoms with E-state index in [0.717, 1.165) is 10.9 Å². The van der Waals surface area contributed by atoms with Crippen LogP contribution in [-0.4, -0.2) is 25.9 Å². The summed E-state index contributed by atoms with van der Waals surface area (Å²) in [4.78, 5) is 27.6. The Labute approximate surface area is 142 Å². The van der Waals surface area contributed by atoms with Gasteiger partial charge in [-0.1, -0.05) is 17.3 Å². The predicted molar refractivity (Wildman–Crippen MR) is 95.3 cm³/mol. The third kappa shape index (κ3) is 2.99. The number of aromatic amines is 1. The van der Waals surface area contributed by atoms with E-state index in [1.807, 2.05) is 30.5 Å². The molecule has 124 valence electrons. The minimum absolute atomic E-state index is 0.137. The Bertz CT molecular complexity index is 1130. The molecule has 0 bridgehead atoms. The molecule has 0 spiro atoms. The van der Waals surface area contributed by atoms with Gasteiger partial charge in [0.2, 0.25) is 5.91 Å². The van der Waals surface area contributed by atoms with Gasteiger partial charge in [-0.2, -0.15) is 0 Å². The molecule has 0 saturated carbocycles. The van der Waals surface area contributed by atoms with Crippen molar-refractivity contribution in [3.8, 4) is 0 Å². The molecule has 4 aromatic rings. The third-order valence-electron chi connectivity index (χ3n) is 4.02. The highest BCUT2D eigenvalue weighted by Gasteiger charge is 2.08. The molecule has 2 aromatic heterocycles. The number of anilines is 1. The lowest BCUT2D eigenvalue weighted by Crippen LogP contribution is -2.26. The molecule has 7 nitrogen and oxygen atoms in total. The quantitative estimate of drug-likeness (QED) is 0.599. The Hall–Kier alpha value is -3.48. The fraction of sp³-hybridized carbons (Fsp3) is 0.111. The Balaban J connectivity index is 1.46. The molecule has 0 saturated heterocycles. The topological polar surface area (TPSA) is 92.7 Å². The molecule has 2 N–H and O–H groups in total. The van der Waals surface area contributed by atoms with Gasteiger partial charge in [-0.3, -0.25) is 9.59 Å². The normalized spacial score (nSPS) is 11.0. The average Bonchev–Trinajstić information content (AvgIpc) is 3.09. The lowest BCUT2D eigenvalue weighted by Gasteiger charge is -2.07. The minimum atomic E-state index is -0.243. The zero-order valence-corrected chi connectivity index (χ0v) is 13.3. The largest absolute Gasteiger partial charge is 0.361 e. The van der Waals surface area contributed by atoms with Crippen LogP contribution in [0.25, 0.3) is 21.8 Å². The standard InChI is InChI=1S/C18H15N5O2/c24-17(20-13-5-6-15-12(11-13)7-9-19-15)8-10-23-18(25)14-3-1-2-4-16(14)21-22-23/h1-7,9,11,19H,8,10H2,(H,20,24). The first kappa shape index (κ1) is 15.1. The highest BCUT2D eigenvalue weighted by atomic mass is 16.2. The molecule has 1 amide bonds. The average molecular weight is 333 g/mol. The van der Waals surface area contributed by atoms with Crippen LogP contribution in [0.4, 0.5) is 5.69 Å². The van der Waals surface area contributed by atoms with Crippen LogP contribution in [0.5, 0.6) is 0 Å². The molecular weight excluding hydrogens is 318 g/mol. The molecule has 4 rings (SSSR count). The summed E-state index contributed by atoms with van der Waals surface area (Å²) in [5.41, 5.74) is 2.03. The maximum Gasteiger partial charge on any atom is 0.277 e. The summed E-state index contributed by atoms with van der Waals surface area (Å²) >= 11 is 0. The number of aryl methyl sites for hydroxylation is 1. The van der Waals surface area contributed by atoms with Crippen molar-refractivity contribution in [3.05, 3.63) is 65.1 Å². The zero-order valence-electron chi connectivity index (χ0n) is 13.3. The summed E-state index contributed by atoms with van der Waals surface area (Å²) in [6.07, 6.45) is 1.99. The van der Waals surface area contributed by atoms with Crippen molar-refractivity contribution in [1.29, 1.82) is 0 Å². The summed E-state index contributed by atoms with van der Waals surface area (Å²) in [7, 11) is 0. The number of benzene rings is 2. The second kappa shape index (κ2) is 6.20. The molecule has 7 heteroatoms. The molecule has 0 atom stereocenters. The number of fused-ring (bicyclic) bond motifs is 2. The van der Waals surface area contributed by atoms with Crippen LogP contribution in [0.1, 0.15) is 6.42 Å². The van der Waals surface area contributed by atoms with E-state index >= 15 is 0 Å². The first-order valence-electron chi connectivity index (χ1n) is 7.90. The Morgan fingerprint density at radius 3 is 2.96 bits per heavy atom. The molecule has 0 radical (unpaired) electrons. The van der Waals surface area contributed by atoms with Crippen LogP contribution in [0.15, 0.2) is 59.5 Å². The van der Waals surface area contributed by atoms with E-state index in [0.29, 0.717) is 16.6 Å². The SMILES string of the molecule is O=C(CCn1nnc2ccccc2c1=O)Nc1ccc2[nH]ccc2c1. The van der Waals surface area contributed by atoms with Gasteiger partial charge in [-0.25, -0.2) is 4.68 Å². The lowest BCUT2D eigenvalue weighted by atomic mass is 10.2. The van der Waals surface area contributed by atoms with Crippen LogP contribution in [-0.2, 0) is 11.3 Å². The maximum absolute atomic E-state index is 12.3. The lowest BCUT2D eigenvalue weighted by molar-refractivity contribution is -0.116. The highest BCUT2D eigenvalue weighted by Crippen LogP contribution is 2.17. The molecule has 25 heavy (non-hydrogen) atoms. The number of nitrogens with one attached hydrogen (secondary N) is 2. The van der Waals surface area contributed by atoms with Crippen molar-refractivity contribution in [2.24, 2.45) is 0 Å². The van der Waals surface area contributed by atoms with Gasteiger partial charge in [0, 0.05) is 29.2 Å². The number of hydrogen-bond donors (Lipinski definition) is 2. The van der Waals surface area contributed by atoms with Crippen molar-refractivity contribution in [2.45, 2.75) is 13.0 Å². The molecule has 0 aliphatic heterocycles. The molecule has 0 aliphatic rings. The first-order valence-corrected chi connectivity index (χ1v) is 7.90. The van der Waals surface area contributed by atoms with E-state index < -0.39 is 0 Å². The van der Waals surface area contributed by atoms with E-state index in [-0.39, 0.29) is 24.4 Å². The summed E-state index contributed by atoms with van der Waals surface area (Å²) in [5.74, 6) is -0.184. The number of rotatable bonds is 4. The molecule has 0 fully saturated rings. The number of nitrogens with zero attached hydrogens (tertiary/aromatic N) is 3. The van der Waals surface area contributed by atoms with Gasteiger partial charge in [-0.05, 0) is 36.4 Å². The van der Waals surface area contributed by atoms with E-state index in [2.05, 4.69) is 20.6 Å². The Morgan fingerprint density at radius 1 is 1.16 bits per heavy atom. The second-order valence-electron chi connectivity index (χ2n) is 5.71. The number of carbonyl (C=O) groups is 1. The molecular formula is C18H15N5O2. The van der Waals surface area contributed by atoms with Gasteiger partial charge >= 0.3 is 0 Å². The number of hydrogen-bond acceptors (Lipinski definition) is 4. The van der Waals surface area contributed by atoms with E-state index in [4.69, 9.17) is 0 Å². The molecule has 2 aromatic carbocycles. The van der Waals surface area contributed by atoms with E-state index in [1.54, 1.807) is 24.3 Å². The summed E-state index contributed by atoms with van der Waals surface area (Å²) in [5, 5.41) is 12.3. The Morgan fingerprint density at radius 2 is 2.04 bits per heavy atom. The van der Waals surface area contributed by atoms with Gasteiger partial charge in [0.15, 0.2) is 0 Å². The van der Waals surface area contributed by atoms with Crippen molar-refractivity contribution in [2.75, 3.05) is 5.32 Å². The van der Waals surface area contributed by atoms with Crippen LogP contribution < -0.4 is 10.9 Å². The molecule has 0 aliphatic carbocycles. The first-order chi connectivity index (χ1) is 12.2. The van der Waals surface area contributed by atoms with Crippen molar-refractivity contribution in [3.63, 3.8) is 0 Å². The van der Waals surface area contributed by atoms with Gasteiger partial charge < -0.3 is 10.3 Å². The van der Waals surface area contributed by atoms with Crippen LogP contribution in [0.2, 0.25) is 0 Å². The smallest absolute Gasteiger partial charge is 0.277 e. The fourth-order valence-corrected chi connectivity index (χ4v) is 2.73. The number of carbonyl (C=O) groups excluding carboxylic acids is 1. The number of amides is 1. The van der Waals surface area contributed by atoms with Crippen LogP contribution >= 0.6 is 0 Å². The van der Waals surface area contributed by atoms with E-state index in [9.17, 15) is 9.59 Å². The van der Waals surface area contributed by atoms with Gasteiger partial charge in [-0.15, -0.1) is 5.10 Å². The number of aromatic nitrogens is 4. The summed E-state index contributed by atoms with van der Waals surface area (Å²) in [6.45, 7) is 0.175. The van der Waals surface area contributed by atoms with Crippen LogP contribution in [0, 0.1) is 0 Å². The van der Waals surface area contributed by atoms with Crippen molar-refractivity contribution in [1.82, 2.24) is 20.0 Å². The third-order valence-corrected chi connectivity index (χ3v) is 4.02. The summed E-state index contributed by atoms with van der Waals surface area (Å²) < 4.78 is 1.22. The Kier molecular flexibility index (Phi) is 3.74. The molecule has 2 heterocycles. The van der Waals surface area contributed by atoms with Crippen molar-refractivity contribution >= 4 is 33.4 Å². The van der Waals surface area contributed by atoms with Gasteiger partial charge in [0.25, 0.3) is 5.56 Å². The minimum Gasteiger partial charge on any atom is -0.361 e. The number of H-pyrrole nitrogens is 1. The monoisotopic (exact) mass is 333 g/mol. The second-order valence-corrected chi connectivity index (χ2v) is 5.71. The van der Waals surface area contributed by atoms with E-state index in [1.165, 1.54) is 4.68 Å². The zero-order chi connectivity index (χ0) is 17.2. The fourth-order valence-electron chi connectivity index (χ4n) is 2.73. The predicted octanol–water partition coefficient (Wildman–Crippen LogP) is 2.30.